The Kier molecular flexibility index (Phi) is 5.53. The van der Waals surface area contributed by atoms with Crippen molar-refractivity contribution in [3.63, 3.8) is 0 Å². The van der Waals surface area contributed by atoms with Crippen molar-refractivity contribution < 1.29 is 22.3 Å². The van der Waals surface area contributed by atoms with E-state index in [0.717, 1.165) is 18.9 Å². The Balaban J connectivity index is 1.80. The zero-order chi connectivity index (χ0) is 18.9. The number of hydrogen-bond donors (Lipinski definition) is 1. The number of sulfonamides is 1. The van der Waals surface area contributed by atoms with Crippen molar-refractivity contribution in [3.8, 4) is 0 Å². The molecule has 2 aromatic rings. The molecule has 5 nitrogen and oxygen atoms in total. The SMILES string of the molecule is O=C(OCc1ccc(F)cc1)c1cc(S(=O)(=O)NC2CC2)c(Cl)cc1Cl. The van der Waals surface area contributed by atoms with Gasteiger partial charge in [0.2, 0.25) is 10.0 Å². The third kappa shape index (κ3) is 4.54. The average molecular weight is 418 g/mol. The summed E-state index contributed by atoms with van der Waals surface area (Å²) in [6.45, 7) is -0.111. The van der Waals surface area contributed by atoms with Crippen LogP contribution in [0.4, 0.5) is 4.39 Å². The minimum Gasteiger partial charge on any atom is -0.457 e. The molecular formula is C17H14Cl2FNO4S. The van der Waals surface area contributed by atoms with Gasteiger partial charge in [-0.25, -0.2) is 22.3 Å². The van der Waals surface area contributed by atoms with Crippen LogP contribution in [0.3, 0.4) is 0 Å². The molecule has 3 rings (SSSR count). The summed E-state index contributed by atoms with van der Waals surface area (Å²) in [7, 11) is -3.86. The molecule has 0 spiro atoms. The van der Waals surface area contributed by atoms with E-state index in [0.29, 0.717) is 5.56 Å². The molecule has 0 aliphatic heterocycles. The van der Waals surface area contributed by atoms with E-state index in [1.807, 2.05) is 0 Å². The van der Waals surface area contributed by atoms with Gasteiger partial charge in [-0.15, -0.1) is 0 Å². The summed E-state index contributed by atoms with van der Waals surface area (Å²) >= 11 is 12.0. The van der Waals surface area contributed by atoms with E-state index in [4.69, 9.17) is 27.9 Å². The summed E-state index contributed by atoms with van der Waals surface area (Å²) in [5.41, 5.74) is 0.461. The van der Waals surface area contributed by atoms with Crippen molar-refractivity contribution in [3.05, 3.63) is 63.4 Å². The maximum Gasteiger partial charge on any atom is 0.340 e. The number of nitrogens with one attached hydrogen (secondary N) is 1. The minimum atomic E-state index is -3.86. The van der Waals surface area contributed by atoms with Gasteiger partial charge >= 0.3 is 5.97 Å². The maximum atomic E-state index is 12.9. The van der Waals surface area contributed by atoms with Crippen LogP contribution in [0.5, 0.6) is 0 Å². The molecule has 1 fully saturated rings. The van der Waals surface area contributed by atoms with Crippen molar-refractivity contribution >= 4 is 39.2 Å². The predicted octanol–water partition coefficient (Wildman–Crippen LogP) is 3.93. The standard InChI is InChI=1S/C17H14Cl2FNO4S/c18-14-8-15(19)16(26(23,24)21-12-5-6-12)7-13(14)17(22)25-9-10-1-3-11(20)4-2-10/h1-4,7-8,12,21H,5-6,9H2. The summed E-state index contributed by atoms with van der Waals surface area (Å²) in [5.74, 6) is -1.21. The van der Waals surface area contributed by atoms with E-state index in [2.05, 4.69) is 4.72 Å². The van der Waals surface area contributed by atoms with Crippen LogP contribution < -0.4 is 4.72 Å². The molecule has 0 saturated heterocycles. The fraction of sp³-hybridized carbons (Fsp3) is 0.235. The van der Waals surface area contributed by atoms with Crippen LogP contribution in [0.2, 0.25) is 10.0 Å². The molecule has 0 amide bonds. The van der Waals surface area contributed by atoms with Gasteiger partial charge in [0.25, 0.3) is 0 Å². The van der Waals surface area contributed by atoms with Crippen molar-refractivity contribution in [1.82, 2.24) is 4.72 Å². The van der Waals surface area contributed by atoms with Gasteiger partial charge in [0, 0.05) is 6.04 Å². The number of carbonyl (C=O) groups excluding carboxylic acids is 1. The first-order chi connectivity index (χ1) is 12.3. The lowest BCUT2D eigenvalue weighted by atomic mass is 10.2. The van der Waals surface area contributed by atoms with E-state index < -0.39 is 21.8 Å². The Morgan fingerprint density at radius 1 is 1.15 bits per heavy atom. The highest BCUT2D eigenvalue weighted by molar-refractivity contribution is 7.89. The summed E-state index contributed by atoms with van der Waals surface area (Å²) in [4.78, 5) is 12.1. The van der Waals surface area contributed by atoms with E-state index in [-0.39, 0.29) is 33.2 Å². The Labute approximate surface area is 160 Å². The minimum absolute atomic E-state index is 0.0236. The molecule has 0 unspecified atom stereocenters. The third-order valence-corrected chi connectivity index (χ3v) is 6.01. The van der Waals surface area contributed by atoms with Crippen molar-refractivity contribution in [2.75, 3.05) is 0 Å². The van der Waals surface area contributed by atoms with Gasteiger partial charge in [0.1, 0.15) is 17.3 Å². The number of halogens is 3. The molecule has 1 aliphatic carbocycles. The second kappa shape index (κ2) is 7.52. The molecule has 0 bridgehead atoms. The summed E-state index contributed by atoms with van der Waals surface area (Å²) in [6, 6.07) is 7.62. The Bertz CT molecular complexity index is 944. The van der Waals surface area contributed by atoms with Gasteiger partial charge in [-0.05, 0) is 42.7 Å². The molecule has 1 aliphatic rings. The van der Waals surface area contributed by atoms with Gasteiger partial charge in [-0.2, -0.15) is 0 Å². The zero-order valence-electron chi connectivity index (χ0n) is 13.3. The quantitative estimate of drug-likeness (QED) is 0.722. The number of carbonyl (C=O) groups is 1. The molecule has 9 heteroatoms. The summed E-state index contributed by atoms with van der Waals surface area (Å²) in [6.07, 6.45) is 1.52. The van der Waals surface area contributed by atoms with Crippen LogP contribution >= 0.6 is 23.2 Å². The van der Waals surface area contributed by atoms with E-state index in [1.165, 1.54) is 30.3 Å². The zero-order valence-corrected chi connectivity index (χ0v) is 15.7. The van der Waals surface area contributed by atoms with E-state index in [1.54, 1.807) is 0 Å². The van der Waals surface area contributed by atoms with E-state index in [9.17, 15) is 17.6 Å². The Hall–Kier alpha value is -1.67. The topological polar surface area (TPSA) is 72.5 Å². The van der Waals surface area contributed by atoms with Crippen LogP contribution in [0, 0.1) is 5.82 Å². The molecule has 1 N–H and O–H groups in total. The van der Waals surface area contributed by atoms with Crippen LogP contribution in [-0.4, -0.2) is 20.4 Å². The monoisotopic (exact) mass is 417 g/mol. The summed E-state index contributed by atoms with van der Waals surface area (Å²) in [5, 5.41) is -0.109. The Morgan fingerprint density at radius 2 is 1.81 bits per heavy atom. The smallest absolute Gasteiger partial charge is 0.340 e. The lowest BCUT2D eigenvalue weighted by Gasteiger charge is -2.11. The molecule has 0 radical (unpaired) electrons. The average Bonchev–Trinajstić information content (AvgIpc) is 3.37. The third-order valence-electron chi connectivity index (χ3n) is 3.71. The first-order valence-corrected chi connectivity index (χ1v) is 9.93. The molecule has 1 saturated carbocycles. The number of esters is 1. The molecule has 2 aromatic carbocycles. The van der Waals surface area contributed by atoms with Crippen LogP contribution in [0.25, 0.3) is 0 Å². The van der Waals surface area contributed by atoms with E-state index >= 15 is 0 Å². The largest absolute Gasteiger partial charge is 0.457 e. The first kappa shape index (κ1) is 19.1. The van der Waals surface area contributed by atoms with Gasteiger partial charge in [-0.1, -0.05) is 35.3 Å². The summed E-state index contributed by atoms with van der Waals surface area (Å²) < 4.78 is 45.3. The fourth-order valence-electron chi connectivity index (χ4n) is 2.18. The van der Waals surface area contributed by atoms with Crippen molar-refractivity contribution in [2.45, 2.75) is 30.4 Å². The number of hydrogen-bond acceptors (Lipinski definition) is 4. The Morgan fingerprint density at radius 3 is 2.42 bits per heavy atom. The normalized spacial score (nSPS) is 14.3. The van der Waals surface area contributed by atoms with Gasteiger partial charge < -0.3 is 4.74 Å². The highest BCUT2D eigenvalue weighted by Crippen LogP contribution is 2.31. The second-order valence-electron chi connectivity index (χ2n) is 5.86. The molecule has 138 valence electrons. The molecule has 26 heavy (non-hydrogen) atoms. The van der Waals surface area contributed by atoms with Crippen LogP contribution in [0.15, 0.2) is 41.3 Å². The van der Waals surface area contributed by atoms with Crippen LogP contribution in [0.1, 0.15) is 28.8 Å². The van der Waals surface area contributed by atoms with Crippen molar-refractivity contribution in [2.24, 2.45) is 0 Å². The number of rotatable bonds is 6. The predicted molar refractivity (Wildman–Crippen MR) is 95.3 cm³/mol. The fourth-order valence-corrected chi connectivity index (χ4v) is 4.34. The highest BCUT2D eigenvalue weighted by atomic mass is 35.5. The molecule has 0 atom stereocenters. The van der Waals surface area contributed by atoms with Gasteiger partial charge in [0.05, 0.1) is 15.6 Å². The number of ether oxygens (including phenoxy) is 1. The van der Waals surface area contributed by atoms with Crippen molar-refractivity contribution in [1.29, 1.82) is 0 Å². The highest BCUT2D eigenvalue weighted by Gasteiger charge is 2.30. The molecular weight excluding hydrogens is 404 g/mol. The lowest BCUT2D eigenvalue weighted by Crippen LogP contribution is -2.26. The maximum absolute atomic E-state index is 12.9. The van der Waals surface area contributed by atoms with Gasteiger partial charge in [0.15, 0.2) is 0 Å². The molecule has 0 aromatic heterocycles. The molecule has 0 heterocycles. The second-order valence-corrected chi connectivity index (χ2v) is 8.36. The lowest BCUT2D eigenvalue weighted by molar-refractivity contribution is 0.0472. The first-order valence-electron chi connectivity index (χ1n) is 7.69. The van der Waals surface area contributed by atoms with Crippen LogP contribution in [-0.2, 0) is 21.4 Å². The number of benzene rings is 2. The van der Waals surface area contributed by atoms with Gasteiger partial charge in [-0.3, -0.25) is 0 Å².